The number of unbranched alkanes of at least 4 members (excludes halogenated alkanes) is 1. The van der Waals surface area contributed by atoms with Crippen molar-refractivity contribution in [2.45, 2.75) is 43.8 Å². The van der Waals surface area contributed by atoms with Crippen molar-refractivity contribution >= 4 is 30.4 Å². The summed E-state index contributed by atoms with van der Waals surface area (Å²) in [6.45, 7) is 9.27. The predicted molar refractivity (Wildman–Crippen MR) is 116 cm³/mol. The Hall–Kier alpha value is -0.0857. The zero-order chi connectivity index (χ0) is 17.6. The summed E-state index contributed by atoms with van der Waals surface area (Å²) in [5.41, 5.74) is 5.98. The smallest absolute Gasteiger partial charge is 0.147 e. The average Bonchev–Trinajstić information content (AvgIpc) is 2.99. The second-order valence-corrected chi connectivity index (χ2v) is 10.3. The van der Waals surface area contributed by atoms with Crippen LogP contribution in [0.3, 0.4) is 0 Å². The number of nitrogens with zero attached hydrogens (tertiary/aromatic N) is 1. The molecule has 2 nitrogen and oxygen atoms in total. The van der Waals surface area contributed by atoms with Gasteiger partial charge in [-0.25, -0.2) is 0 Å². The van der Waals surface area contributed by atoms with Gasteiger partial charge in [0.15, 0.2) is 0 Å². The maximum Gasteiger partial charge on any atom is -0.147 e. The number of halogens is 2. The van der Waals surface area contributed by atoms with Gasteiger partial charge >= 0.3 is 158 Å². The van der Waals surface area contributed by atoms with E-state index in [4.69, 9.17) is 0 Å². The molecule has 1 N–H and O–H groups in total. The van der Waals surface area contributed by atoms with E-state index in [0.717, 1.165) is 19.5 Å². The summed E-state index contributed by atoms with van der Waals surface area (Å²) >= 11 is -0.231. The molecule has 0 bridgehead atoms. The summed E-state index contributed by atoms with van der Waals surface area (Å²) < 4.78 is 4.02. The summed E-state index contributed by atoms with van der Waals surface area (Å²) in [5, 5.41) is 0. The van der Waals surface area contributed by atoms with E-state index in [9.17, 15) is 0 Å². The molecule has 146 valence electrons. The van der Waals surface area contributed by atoms with Crippen molar-refractivity contribution in [3.8, 4) is 0 Å². The maximum absolute atomic E-state index is 3.77. The van der Waals surface area contributed by atoms with E-state index in [-0.39, 0.29) is 47.9 Å². The second-order valence-electron chi connectivity index (χ2n) is 7.42. The Bertz CT molecular complexity index is 610. The van der Waals surface area contributed by atoms with Gasteiger partial charge in [-0.1, -0.05) is 0 Å². The topological polar surface area (TPSA) is 15.3 Å². The minimum Gasteiger partial charge on any atom is -0.147 e. The third-order valence-electron chi connectivity index (χ3n) is 4.50. The minimum absolute atomic E-state index is 0. The molecule has 0 amide bonds. The molecule has 0 saturated carbocycles. The van der Waals surface area contributed by atoms with Crippen molar-refractivity contribution in [1.82, 2.24) is 8.70 Å². The van der Waals surface area contributed by atoms with Gasteiger partial charge in [-0.2, -0.15) is 0 Å². The van der Waals surface area contributed by atoms with Crippen LogP contribution < -0.4 is 3.80 Å². The first kappa shape index (κ1) is 25.9. The molecule has 1 aliphatic rings. The van der Waals surface area contributed by atoms with Gasteiger partial charge in [0.05, 0.1) is 0 Å². The van der Waals surface area contributed by atoms with E-state index in [1.54, 1.807) is 0 Å². The van der Waals surface area contributed by atoms with E-state index < -0.39 is 0 Å². The SMILES string of the molecule is CCCC[NH][Ti][C](C)(C)c1ccccc1C1=C(CN(C)C)C=CC1.Cl.Cl. The number of benzene rings is 1. The van der Waals surface area contributed by atoms with Crippen LogP contribution in [0.2, 0.25) is 0 Å². The van der Waals surface area contributed by atoms with Gasteiger partial charge in [0.2, 0.25) is 0 Å². The van der Waals surface area contributed by atoms with E-state index in [1.807, 2.05) is 0 Å². The molecule has 1 aliphatic carbocycles. The van der Waals surface area contributed by atoms with Crippen molar-refractivity contribution in [2.75, 3.05) is 27.2 Å². The maximum atomic E-state index is 3.77. The Morgan fingerprint density at radius 2 is 1.85 bits per heavy atom. The zero-order valence-electron chi connectivity index (χ0n) is 16.8. The molecular formula is C21H34Cl2N2Ti. The largest absolute Gasteiger partial charge is 0.147 e. The Morgan fingerprint density at radius 1 is 1.15 bits per heavy atom. The minimum atomic E-state index is -0.231. The number of hydrogen-bond acceptors (Lipinski definition) is 2. The molecule has 0 saturated heterocycles. The van der Waals surface area contributed by atoms with Crippen LogP contribution in [-0.2, 0) is 23.1 Å². The molecule has 0 spiro atoms. The number of allylic oxidation sites excluding steroid dienone is 2. The van der Waals surface area contributed by atoms with Crippen LogP contribution in [0, 0.1) is 0 Å². The second kappa shape index (κ2) is 12.4. The molecule has 1 aromatic carbocycles. The number of rotatable bonds is 9. The van der Waals surface area contributed by atoms with Crippen LogP contribution in [0.15, 0.2) is 42.0 Å². The summed E-state index contributed by atoms with van der Waals surface area (Å²) in [5.74, 6) is 0. The molecule has 0 unspecified atom stereocenters. The van der Waals surface area contributed by atoms with Crippen LogP contribution in [-0.4, -0.2) is 32.1 Å². The van der Waals surface area contributed by atoms with Crippen LogP contribution in [0.1, 0.15) is 51.2 Å². The fourth-order valence-electron chi connectivity index (χ4n) is 3.23. The van der Waals surface area contributed by atoms with Crippen molar-refractivity contribution in [3.05, 3.63) is 53.1 Å². The molecule has 0 aromatic heterocycles. The van der Waals surface area contributed by atoms with Gasteiger partial charge in [-0.15, -0.1) is 24.8 Å². The average molecular weight is 433 g/mol. The predicted octanol–water partition coefficient (Wildman–Crippen LogP) is 5.43. The van der Waals surface area contributed by atoms with Gasteiger partial charge in [0.1, 0.15) is 0 Å². The Labute approximate surface area is 181 Å². The van der Waals surface area contributed by atoms with Gasteiger partial charge in [-0.05, 0) is 0 Å². The van der Waals surface area contributed by atoms with Crippen molar-refractivity contribution < 1.29 is 19.4 Å². The van der Waals surface area contributed by atoms with Gasteiger partial charge in [-0.3, -0.25) is 0 Å². The molecule has 0 fully saturated rings. The van der Waals surface area contributed by atoms with E-state index in [1.165, 1.54) is 35.1 Å². The van der Waals surface area contributed by atoms with Gasteiger partial charge in [0.25, 0.3) is 0 Å². The van der Waals surface area contributed by atoms with Crippen molar-refractivity contribution in [1.29, 1.82) is 0 Å². The first-order valence-electron chi connectivity index (χ1n) is 9.09. The zero-order valence-corrected chi connectivity index (χ0v) is 20.0. The van der Waals surface area contributed by atoms with Crippen molar-refractivity contribution in [3.63, 3.8) is 0 Å². The van der Waals surface area contributed by atoms with Crippen LogP contribution >= 0.6 is 24.8 Å². The summed E-state index contributed by atoms with van der Waals surface area (Å²) in [6, 6.07) is 9.07. The number of likely N-dealkylation sites (N-methyl/N-ethyl adjacent to an activating group) is 1. The van der Waals surface area contributed by atoms with E-state index in [2.05, 4.69) is 80.0 Å². The van der Waals surface area contributed by atoms with Gasteiger partial charge < -0.3 is 0 Å². The third kappa shape index (κ3) is 7.15. The quantitative estimate of drug-likeness (QED) is 0.413. The number of nitrogens with one attached hydrogen (secondary N) is 1. The Balaban J connectivity index is 0.00000312. The Morgan fingerprint density at radius 3 is 2.50 bits per heavy atom. The third-order valence-corrected chi connectivity index (χ3v) is 6.56. The molecule has 0 heterocycles. The molecule has 0 atom stereocenters. The summed E-state index contributed by atoms with van der Waals surface area (Å²) in [7, 11) is 4.30. The first-order chi connectivity index (χ1) is 11.5. The molecule has 1 aromatic rings. The summed E-state index contributed by atoms with van der Waals surface area (Å²) in [4.78, 5) is 2.26. The Kier molecular flexibility index (Phi) is 12.3. The molecule has 0 aliphatic heterocycles. The first-order valence-corrected chi connectivity index (χ1v) is 10.6. The molecular weight excluding hydrogens is 399 g/mol. The normalized spacial score (nSPS) is 13.6. The van der Waals surface area contributed by atoms with E-state index >= 15 is 0 Å². The standard InChI is InChI=1S/C17H22N.C4H10N.2ClH.Ti/c1-13(2)15-9-5-6-10-17(15)16-11-7-8-14(16)12-18(3)4;1-2-3-4-5;;;/h5-10H,11-12H2,1-4H3;5H,2-4H2,1H3;2*1H;/q;-1;;;+1. The number of hydrogen-bond donors (Lipinski definition) is 1. The fourth-order valence-corrected chi connectivity index (χ4v) is 4.94. The van der Waals surface area contributed by atoms with Crippen LogP contribution in [0.5, 0.6) is 0 Å². The van der Waals surface area contributed by atoms with Crippen molar-refractivity contribution in [2.24, 2.45) is 0 Å². The molecule has 2 rings (SSSR count). The van der Waals surface area contributed by atoms with Crippen LogP contribution in [0.4, 0.5) is 0 Å². The van der Waals surface area contributed by atoms with Crippen LogP contribution in [0.25, 0.3) is 5.57 Å². The molecule has 0 radical (unpaired) electrons. The molecule has 26 heavy (non-hydrogen) atoms. The summed E-state index contributed by atoms with van der Waals surface area (Å²) in [6.07, 6.45) is 8.24. The van der Waals surface area contributed by atoms with E-state index in [0.29, 0.717) is 0 Å². The fraction of sp³-hybridized carbons (Fsp3) is 0.524. The monoisotopic (exact) mass is 432 g/mol. The molecule has 5 heteroatoms. The van der Waals surface area contributed by atoms with Gasteiger partial charge in [0, 0.05) is 0 Å².